The van der Waals surface area contributed by atoms with E-state index in [0.29, 0.717) is 28.9 Å². The molecule has 0 aromatic carbocycles. The highest BCUT2D eigenvalue weighted by atomic mass is 35.5. The number of amides is 1. The fourth-order valence-corrected chi connectivity index (χ4v) is 2.10. The van der Waals surface area contributed by atoms with Crippen LogP contribution in [0.2, 0.25) is 0 Å². The maximum atomic E-state index is 12.6. The van der Waals surface area contributed by atoms with Gasteiger partial charge in [-0.3, -0.25) is 4.79 Å². The summed E-state index contributed by atoms with van der Waals surface area (Å²) in [5.41, 5.74) is 7.58. The van der Waals surface area contributed by atoms with Gasteiger partial charge in [0.1, 0.15) is 0 Å². The van der Waals surface area contributed by atoms with Gasteiger partial charge in [-0.15, -0.1) is 12.4 Å². The predicted molar refractivity (Wildman–Crippen MR) is 88.5 cm³/mol. The molecule has 0 saturated carbocycles. The molecule has 2 heterocycles. The van der Waals surface area contributed by atoms with Crippen LogP contribution in [0.3, 0.4) is 0 Å². The highest BCUT2D eigenvalue weighted by molar-refractivity contribution is 6.06. The standard InChI is InChI=1S/C15H22N4O2.ClH/c1-8(2)12-11-10(13(20)18-15(4,5)7-16)6-9(3)17-14(11)21-19-12;/h6,8H,7,16H2,1-5H3,(H,18,20);1H. The summed E-state index contributed by atoms with van der Waals surface area (Å²) >= 11 is 0. The van der Waals surface area contributed by atoms with E-state index in [1.54, 1.807) is 6.07 Å². The van der Waals surface area contributed by atoms with Crippen LogP contribution in [-0.2, 0) is 0 Å². The first kappa shape index (κ1) is 18.4. The lowest BCUT2D eigenvalue weighted by Crippen LogP contribution is -2.48. The van der Waals surface area contributed by atoms with Gasteiger partial charge in [-0.1, -0.05) is 19.0 Å². The second kappa shape index (κ2) is 6.62. The number of nitrogens with zero attached hydrogens (tertiary/aromatic N) is 2. The molecule has 0 saturated heterocycles. The quantitative estimate of drug-likeness (QED) is 0.900. The van der Waals surface area contributed by atoms with E-state index in [4.69, 9.17) is 10.3 Å². The van der Waals surface area contributed by atoms with Crippen LogP contribution in [0.4, 0.5) is 0 Å². The summed E-state index contributed by atoms with van der Waals surface area (Å²) in [7, 11) is 0. The second-order valence-corrected chi connectivity index (χ2v) is 6.26. The average Bonchev–Trinajstić information content (AvgIpc) is 2.80. The number of rotatable bonds is 4. The smallest absolute Gasteiger partial charge is 0.259 e. The van der Waals surface area contributed by atoms with E-state index in [0.717, 1.165) is 5.69 Å². The van der Waals surface area contributed by atoms with E-state index >= 15 is 0 Å². The van der Waals surface area contributed by atoms with Gasteiger partial charge in [-0.05, 0) is 32.8 Å². The molecule has 0 aliphatic rings. The van der Waals surface area contributed by atoms with E-state index < -0.39 is 5.54 Å². The first-order valence-corrected chi connectivity index (χ1v) is 7.04. The molecular weight excluding hydrogens is 304 g/mol. The number of aromatic nitrogens is 2. The SMILES string of the molecule is Cc1cc(C(=O)NC(C)(C)CN)c2c(C(C)C)noc2n1.Cl. The van der Waals surface area contributed by atoms with Crippen LogP contribution in [0.5, 0.6) is 0 Å². The number of nitrogens with two attached hydrogens (primary N) is 1. The molecule has 2 rings (SSSR count). The first-order chi connectivity index (χ1) is 9.75. The molecule has 2 aromatic rings. The number of fused-ring (bicyclic) bond motifs is 1. The Morgan fingerprint density at radius 1 is 1.45 bits per heavy atom. The number of carbonyl (C=O) groups excluding carboxylic acids is 1. The van der Waals surface area contributed by atoms with Crippen molar-refractivity contribution in [1.29, 1.82) is 0 Å². The van der Waals surface area contributed by atoms with Crippen LogP contribution >= 0.6 is 12.4 Å². The Kier molecular flexibility index (Phi) is 5.54. The normalized spacial score (nSPS) is 11.6. The number of pyridine rings is 1. The second-order valence-electron chi connectivity index (χ2n) is 6.26. The van der Waals surface area contributed by atoms with Crippen molar-refractivity contribution in [3.05, 3.63) is 23.0 Å². The number of aryl methyl sites for hydroxylation is 1. The van der Waals surface area contributed by atoms with Gasteiger partial charge in [0.2, 0.25) is 0 Å². The summed E-state index contributed by atoms with van der Waals surface area (Å²) in [6.07, 6.45) is 0. The summed E-state index contributed by atoms with van der Waals surface area (Å²) in [4.78, 5) is 16.9. The molecule has 3 N–H and O–H groups in total. The van der Waals surface area contributed by atoms with E-state index in [1.165, 1.54) is 0 Å². The minimum absolute atomic E-state index is 0. The molecule has 0 spiro atoms. The predicted octanol–water partition coefficient (Wildman–Crippen LogP) is 2.54. The Hall–Kier alpha value is -1.66. The van der Waals surface area contributed by atoms with Crippen molar-refractivity contribution in [2.75, 3.05) is 6.54 Å². The zero-order chi connectivity index (χ0) is 15.8. The highest BCUT2D eigenvalue weighted by Crippen LogP contribution is 2.27. The Balaban J connectivity index is 0.00000242. The van der Waals surface area contributed by atoms with Gasteiger partial charge in [-0.25, -0.2) is 4.98 Å². The number of carbonyl (C=O) groups is 1. The number of halogens is 1. The van der Waals surface area contributed by atoms with Crippen molar-refractivity contribution in [2.45, 2.75) is 46.1 Å². The Morgan fingerprint density at radius 3 is 2.64 bits per heavy atom. The summed E-state index contributed by atoms with van der Waals surface area (Å²) in [6, 6.07) is 1.76. The van der Waals surface area contributed by atoms with Crippen LogP contribution in [0.1, 0.15) is 55.4 Å². The van der Waals surface area contributed by atoms with Gasteiger partial charge >= 0.3 is 0 Å². The van der Waals surface area contributed by atoms with E-state index in [9.17, 15) is 4.79 Å². The van der Waals surface area contributed by atoms with Crippen LogP contribution in [0.15, 0.2) is 10.6 Å². The summed E-state index contributed by atoms with van der Waals surface area (Å²) in [5, 5.41) is 7.67. The van der Waals surface area contributed by atoms with Crippen LogP contribution in [0, 0.1) is 6.92 Å². The van der Waals surface area contributed by atoms with Crippen molar-refractivity contribution in [1.82, 2.24) is 15.5 Å². The molecule has 0 fully saturated rings. The Labute approximate surface area is 136 Å². The van der Waals surface area contributed by atoms with Crippen molar-refractivity contribution in [3.63, 3.8) is 0 Å². The molecule has 0 radical (unpaired) electrons. The third-order valence-corrected chi connectivity index (χ3v) is 3.35. The molecule has 122 valence electrons. The van der Waals surface area contributed by atoms with Crippen LogP contribution < -0.4 is 11.1 Å². The fraction of sp³-hybridized carbons (Fsp3) is 0.533. The van der Waals surface area contributed by atoms with Crippen molar-refractivity contribution >= 4 is 29.4 Å². The van der Waals surface area contributed by atoms with Crippen molar-refractivity contribution < 1.29 is 9.32 Å². The van der Waals surface area contributed by atoms with Gasteiger partial charge in [0, 0.05) is 17.8 Å². The monoisotopic (exact) mass is 326 g/mol. The van der Waals surface area contributed by atoms with E-state index in [2.05, 4.69) is 15.5 Å². The first-order valence-electron chi connectivity index (χ1n) is 7.04. The Bertz CT molecular complexity index is 679. The molecule has 0 aliphatic heterocycles. The van der Waals surface area contributed by atoms with Gasteiger partial charge < -0.3 is 15.6 Å². The molecule has 0 aliphatic carbocycles. The minimum Gasteiger partial charge on any atom is -0.346 e. The molecule has 0 bridgehead atoms. The molecule has 6 nitrogen and oxygen atoms in total. The zero-order valence-corrected chi connectivity index (χ0v) is 14.4. The average molecular weight is 327 g/mol. The largest absolute Gasteiger partial charge is 0.346 e. The molecule has 1 amide bonds. The molecule has 0 unspecified atom stereocenters. The lowest BCUT2D eigenvalue weighted by Gasteiger charge is -2.24. The van der Waals surface area contributed by atoms with E-state index in [1.807, 2.05) is 34.6 Å². The van der Waals surface area contributed by atoms with Gasteiger partial charge in [0.25, 0.3) is 11.6 Å². The maximum Gasteiger partial charge on any atom is 0.259 e. The number of nitrogens with one attached hydrogen (secondary N) is 1. The van der Waals surface area contributed by atoms with E-state index in [-0.39, 0.29) is 24.2 Å². The van der Waals surface area contributed by atoms with Gasteiger partial charge in [0.15, 0.2) is 0 Å². The number of hydrogen-bond donors (Lipinski definition) is 2. The lowest BCUT2D eigenvalue weighted by molar-refractivity contribution is 0.0917. The lowest BCUT2D eigenvalue weighted by atomic mass is 10.0. The number of hydrogen-bond acceptors (Lipinski definition) is 5. The maximum absolute atomic E-state index is 12.6. The third kappa shape index (κ3) is 3.56. The molecule has 0 atom stereocenters. The molecule has 22 heavy (non-hydrogen) atoms. The highest BCUT2D eigenvalue weighted by Gasteiger charge is 2.25. The zero-order valence-electron chi connectivity index (χ0n) is 13.6. The fourth-order valence-electron chi connectivity index (χ4n) is 2.10. The minimum atomic E-state index is -0.476. The molecular formula is C15H23ClN4O2. The summed E-state index contributed by atoms with van der Waals surface area (Å²) in [6.45, 7) is 9.94. The van der Waals surface area contributed by atoms with Crippen LogP contribution in [-0.4, -0.2) is 28.1 Å². The van der Waals surface area contributed by atoms with Crippen molar-refractivity contribution in [3.8, 4) is 0 Å². The Morgan fingerprint density at radius 2 is 2.09 bits per heavy atom. The molecule has 2 aromatic heterocycles. The molecule has 7 heteroatoms. The third-order valence-electron chi connectivity index (χ3n) is 3.35. The van der Waals surface area contributed by atoms with Crippen LogP contribution in [0.25, 0.3) is 11.1 Å². The summed E-state index contributed by atoms with van der Waals surface area (Å²) < 4.78 is 5.27. The van der Waals surface area contributed by atoms with Gasteiger partial charge in [-0.2, -0.15) is 0 Å². The summed E-state index contributed by atoms with van der Waals surface area (Å²) in [5.74, 6) is -0.0455. The topological polar surface area (TPSA) is 94.0 Å². The van der Waals surface area contributed by atoms with Crippen molar-refractivity contribution in [2.24, 2.45) is 5.73 Å². The van der Waals surface area contributed by atoms with Gasteiger partial charge in [0.05, 0.1) is 16.6 Å².